The molecule has 1 aromatic carbocycles. The Morgan fingerprint density at radius 1 is 1.25 bits per heavy atom. The van der Waals surface area contributed by atoms with Crippen LogP contribution in [0.15, 0.2) is 33.9 Å². The Balaban J connectivity index is 1.76. The highest BCUT2D eigenvalue weighted by Gasteiger charge is 2.09. The Labute approximate surface area is 123 Å². The van der Waals surface area contributed by atoms with Crippen LogP contribution in [0.1, 0.15) is 22.6 Å². The van der Waals surface area contributed by atoms with Gasteiger partial charge in [-0.05, 0) is 26.3 Å². The molecule has 1 aromatic heterocycles. The van der Waals surface area contributed by atoms with Gasteiger partial charge in [0.25, 0.3) is 5.22 Å². The number of nitrogens with zero attached hydrogens (tertiary/aromatic N) is 1. The largest absolute Gasteiger partial charge is 0.437 e. The maximum atomic E-state index is 11.7. The summed E-state index contributed by atoms with van der Waals surface area (Å²) in [6.45, 7) is 6.34. The van der Waals surface area contributed by atoms with E-state index in [1.807, 2.05) is 45.0 Å². The van der Waals surface area contributed by atoms with Crippen LogP contribution in [-0.2, 0) is 11.3 Å². The van der Waals surface area contributed by atoms with Crippen LogP contribution >= 0.6 is 11.8 Å². The molecule has 106 valence electrons. The van der Waals surface area contributed by atoms with Gasteiger partial charge in [-0.1, -0.05) is 41.6 Å². The van der Waals surface area contributed by atoms with Crippen LogP contribution in [0.2, 0.25) is 0 Å². The molecule has 0 aliphatic heterocycles. The summed E-state index contributed by atoms with van der Waals surface area (Å²) in [6, 6.07) is 8.11. The average molecular weight is 290 g/mol. The van der Waals surface area contributed by atoms with Crippen molar-refractivity contribution in [3.63, 3.8) is 0 Å². The molecule has 0 fully saturated rings. The van der Waals surface area contributed by atoms with Gasteiger partial charge in [0.15, 0.2) is 0 Å². The standard InChI is InChI=1S/C15H18N2O2S/c1-10-4-6-13(7-5-10)8-16-14(18)9-20-15-17-11(2)12(3)19-15/h4-7H,8-9H2,1-3H3,(H,16,18). The van der Waals surface area contributed by atoms with Gasteiger partial charge in [-0.3, -0.25) is 4.79 Å². The summed E-state index contributed by atoms with van der Waals surface area (Å²) in [6.07, 6.45) is 0. The Morgan fingerprint density at radius 3 is 2.55 bits per heavy atom. The molecule has 0 atom stereocenters. The molecule has 1 heterocycles. The summed E-state index contributed by atoms with van der Waals surface area (Å²) in [5.41, 5.74) is 3.18. The first-order valence-corrected chi connectivity index (χ1v) is 7.42. The minimum Gasteiger partial charge on any atom is -0.437 e. The molecule has 0 spiro atoms. The zero-order chi connectivity index (χ0) is 14.5. The normalized spacial score (nSPS) is 10.6. The first-order chi connectivity index (χ1) is 9.54. The van der Waals surface area contributed by atoms with Crippen molar-refractivity contribution >= 4 is 17.7 Å². The van der Waals surface area contributed by atoms with Crippen molar-refractivity contribution in [2.45, 2.75) is 32.5 Å². The third-order valence-corrected chi connectivity index (χ3v) is 3.77. The van der Waals surface area contributed by atoms with Crippen molar-refractivity contribution in [3.05, 3.63) is 46.8 Å². The second-order valence-corrected chi connectivity index (χ2v) is 5.60. The van der Waals surface area contributed by atoms with Crippen LogP contribution in [0.5, 0.6) is 0 Å². The van der Waals surface area contributed by atoms with Gasteiger partial charge < -0.3 is 9.73 Å². The van der Waals surface area contributed by atoms with Crippen molar-refractivity contribution in [2.75, 3.05) is 5.75 Å². The summed E-state index contributed by atoms with van der Waals surface area (Å²) in [5, 5.41) is 3.43. The molecule has 0 saturated heterocycles. The highest BCUT2D eigenvalue weighted by molar-refractivity contribution is 7.99. The first-order valence-electron chi connectivity index (χ1n) is 6.43. The van der Waals surface area contributed by atoms with E-state index in [9.17, 15) is 4.79 Å². The van der Waals surface area contributed by atoms with Crippen LogP contribution in [0.4, 0.5) is 0 Å². The Hall–Kier alpha value is -1.75. The summed E-state index contributed by atoms with van der Waals surface area (Å²) in [5.74, 6) is 1.09. The molecule has 0 radical (unpaired) electrons. The molecule has 2 rings (SSSR count). The molecule has 20 heavy (non-hydrogen) atoms. The lowest BCUT2D eigenvalue weighted by atomic mass is 10.1. The van der Waals surface area contributed by atoms with Gasteiger partial charge >= 0.3 is 0 Å². The van der Waals surface area contributed by atoms with Crippen molar-refractivity contribution in [1.29, 1.82) is 0 Å². The first kappa shape index (κ1) is 14.7. The smallest absolute Gasteiger partial charge is 0.256 e. The fourth-order valence-corrected chi connectivity index (χ4v) is 2.33. The van der Waals surface area contributed by atoms with Gasteiger partial charge in [0.05, 0.1) is 11.4 Å². The van der Waals surface area contributed by atoms with E-state index in [0.717, 1.165) is 17.0 Å². The maximum Gasteiger partial charge on any atom is 0.256 e. The number of carbonyl (C=O) groups excluding carboxylic acids is 1. The monoisotopic (exact) mass is 290 g/mol. The number of oxazole rings is 1. The van der Waals surface area contributed by atoms with Crippen LogP contribution in [0.3, 0.4) is 0 Å². The van der Waals surface area contributed by atoms with E-state index >= 15 is 0 Å². The molecular formula is C15H18N2O2S. The van der Waals surface area contributed by atoms with Crippen molar-refractivity contribution in [1.82, 2.24) is 10.3 Å². The minimum atomic E-state index is -0.0240. The Kier molecular flexibility index (Phi) is 4.84. The fraction of sp³-hybridized carbons (Fsp3) is 0.333. The van der Waals surface area contributed by atoms with Crippen LogP contribution in [0.25, 0.3) is 0 Å². The SMILES string of the molecule is Cc1ccc(CNC(=O)CSc2nc(C)c(C)o2)cc1. The van der Waals surface area contributed by atoms with E-state index in [1.54, 1.807) is 0 Å². The van der Waals surface area contributed by atoms with E-state index < -0.39 is 0 Å². The van der Waals surface area contributed by atoms with Crippen molar-refractivity contribution < 1.29 is 9.21 Å². The lowest BCUT2D eigenvalue weighted by Gasteiger charge is -2.04. The Bertz CT molecular complexity index is 571. The summed E-state index contributed by atoms with van der Waals surface area (Å²) < 4.78 is 5.41. The number of aryl methyl sites for hydroxylation is 3. The number of rotatable bonds is 5. The number of hydrogen-bond acceptors (Lipinski definition) is 4. The lowest BCUT2D eigenvalue weighted by Crippen LogP contribution is -2.24. The average Bonchev–Trinajstić information content (AvgIpc) is 2.75. The van der Waals surface area contributed by atoms with E-state index in [0.29, 0.717) is 17.5 Å². The maximum absolute atomic E-state index is 11.7. The van der Waals surface area contributed by atoms with E-state index in [-0.39, 0.29) is 5.91 Å². The fourth-order valence-electron chi connectivity index (χ4n) is 1.59. The van der Waals surface area contributed by atoms with Gasteiger partial charge in [0, 0.05) is 6.54 Å². The number of nitrogens with one attached hydrogen (secondary N) is 1. The number of thioether (sulfide) groups is 1. The number of hydrogen-bond donors (Lipinski definition) is 1. The molecule has 2 aromatic rings. The van der Waals surface area contributed by atoms with Gasteiger partial charge in [0.1, 0.15) is 5.76 Å². The van der Waals surface area contributed by atoms with Gasteiger partial charge in [-0.25, -0.2) is 4.98 Å². The van der Waals surface area contributed by atoms with E-state index in [2.05, 4.69) is 10.3 Å². The number of benzene rings is 1. The summed E-state index contributed by atoms with van der Waals surface area (Å²) in [4.78, 5) is 16.0. The number of aromatic nitrogens is 1. The zero-order valence-electron chi connectivity index (χ0n) is 11.9. The molecule has 0 bridgehead atoms. The van der Waals surface area contributed by atoms with Crippen LogP contribution < -0.4 is 5.32 Å². The molecule has 5 heteroatoms. The zero-order valence-corrected chi connectivity index (χ0v) is 12.7. The third-order valence-electron chi connectivity index (χ3n) is 2.95. The molecule has 1 amide bonds. The quantitative estimate of drug-likeness (QED) is 0.860. The van der Waals surface area contributed by atoms with E-state index in [1.165, 1.54) is 17.3 Å². The second kappa shape index (κ2) is 6.61. The topological polar surface area (TPSA) is 55.1 Å². The van der Waals surface area contributed by atoms with Crippen molar-refractivity contribution in [2.24, 2.45) is 0 Å². The predicted molar refractivity (Wildman–Crippen MR) is 79.7 cm³/mol. The van der Waals surface area contributed by atoms with Gasteiger partial charge in [-0.2, -0.15) is 0 Å². The molecule has 1 N–H and O–H groups in total. The molecule has 4 nitrogen and oxygen atoms in total. The molecular weight excluding hydrogens is 272 g/mol. The lowest BCUT2D eigenvalue weighted by molar-refractivity contribution is -0.118. The molecule has 0 aliphatic carbocycles. The third kappa shape index (κ3) is 4.13. The van der Waals surface area contributed by atoms with Crippen LogP contribution in [0, 0.1) is 20.8 Å². The minimum absolute atomic E-state index is 0.0240. The number of carbonyl (C=O) groups is 1. The van der Waals surface area contributed by atoms with E-state index in [4.69, 9.17) is 4.42 Å². The highest BCUT2D eigenvalue weighted by Crippen LogP contribution is 2.19. The number of amides is 1. The predicted octanol–water partition coefficient (Wildman–Crippen LogP) is 3.01. The Morgan fingerprint density at radius 2 is 1.95 bits per heavy atom. The van der Waals surface area contributed by atoms with Crippen molar-refractivity contribution in [3.8, 4) is 0 Å². The molecule has 0 aliphatic rings. The highest BCUT2D eigenvalue weighted by atomic mass is 32.2. The summed E-state index contributed by atoms with van der Waals surface area (Å²) >= 11 is 1.31. The summed E-state index contributed by atoms with van der Waals surface area (Å²) in [7, 11) is 0. The molecule has 0 unspecified atom stereocenters. The molecule has 0 saturated carbocycles. The second-order valence-electron chi connectivity index (χ2n) is 4.67. The van der Waals surface area contributed by atoms with Crippen LogP contribution in [-0.4, -0.2) is 16.6 Å². The van der Waals surface area contributed by atoms with Gasteiger partial charge in [-0.15, -0.1) is 0 Å². The van der Waals surface area contributed by atoms with Gasteiger partial charge in [0.2, 0.25) is 5.91 Å².